The number of ether oxygens (including phenoxy) is 4. The molecule has 3 aromatic rings. The Kier molecular flexibility index (Phi) is 9.59. The van der Waals surface area contributed by atoms with Crippen LogP contribution in [0.5, 0.6) is 23.0 Å². The zero-order valence-corrected chi connectivity index (χ0v) is 21.9. The van der Waals surface area contributed by atoms with Crippen LogP contribution in [0.1, 0.15) is 11.1 Å². The summed E-state index contributed by atoms with van der Waals surface area (Å²) in [6, 6.07) is 21.7. The first kappa shape index (κ1) is 26.9. The van der Waals surface area contributed by atoms with E-state index >= 15 is 0 Å². The lowest BCUT2D eigenvalue weighted by Crippen LogP contribution is -2.51. The van der Waals surface area contributed by atoms with Crippen LogP contribution in [0, 0.1) is 0 Å². The fourth-order valence-electron chi connectivity index (χ4n) is 4.20. The molecular weight excluding hydrogens is 456 g/mol. The Morgan fingerprint density at radius 2 is 1.42 bits per heavy atom. The predicted molar refractivity (Wildman–Crippen MR) is 143 cm³/mol. The molecule has 0 aromatic heterocycles. The SMILES string of the molecule is COc1cc(CC[N+](C)(CCNC(=O)Cc2ccccc2)c2ccc(OC)c(OC)c2)cc(OC)c1. The molecular formula is C29H37N2O5+. The Balaban J connectivity index is 1.78. The molecule has 1 unspecified atom stereocenters. The van der Waals surface area contributed by atoms with Gasteiger partial charge in [-0.15, -0.1) is 0 Å². The second-order valence-electron chi connectivity index (χ2n) is 8.87. The van der Waals surface area contributed by atoms with Crippen LogP contribution in [-0.4, -0.2) is 61.0 Å². The van der Waals surface area contributed by atoms with E-state index in [4.69, 9.17) is 18.9 Å². The molecule has 0 saturated carbocycles. The normalized spacial score (nSPS) is 12.4. The number of amides is 1. The van der Waals surface area contributed by atoms with E-state index in [1.807, 2.05) is 60.7 Å². The highest BCUT2D eigenvalue weighted by atomic mass is 16.5. The Morgan fingerprint density at radius 3 is 2.03 bits per heavy atom. The first-order valence-electron chi connectivity index (χ1n) is 12.0. The largest absolute Gasteiger partial charge is 0.497 e. The van der Waals surface area contributed by atoms with Crippen molar-refractivity contribution >= 4 is 11.6 Å². The topological polar surface area (TPSA) is 66.0 Å². The summed E-state index contributed by atoms with van der Waals surface area (Å²) >= 11 is 0. The highest BCUT2D eigenvalue weighted by Crippen LogP contribution is 2.34. The summed E-state index contributed by atoms with van der Waals surface area (Å²) in [5.74, 6) is 2.89. The summed E-state index contributed by atoms with van der Waals surface area (Å²) in [6.45, 7) is 2.04. The van der Waals surface area contributed by atoms with E-state index in [2.05, 4.69) is 18.4 Å². The first-order valence-corrected chi connectivity index (χ1v) is 12.0. The molecule has 3 rings (SSSR count). The third-order valence-corrected chi connectivity index (χ3v) is 6.43. The van der Waals surface area contributed by atoms with E-state index in [-0.39, 0.29) is 5.91 Å². The second-order valence-corrected chi connectivity index (χ2v) is 8.87. The quantitative estimate of drug-likeness (QED) is 0.361. The molecule has 0 fully saturated rings. The van der Waals surface area contributed by atoms with Crippen molar-refractivity contribution in [2.45, 2.75) is 12.8 Å². The van der Waals surface area contributed by atoms with Gasteiger partial charge >= 0.3 is 0 Å². The molecule has 3 aromatic carbocycles. The van der Waals surface area contributed by atoms with Crippen LogP contribution >= 0.6 is 0 Å². The van der Waals surface area contributed by atoms with E-state index < -0.39 is 0 Å². The Bertz CT molecular complexity index is 1110. The van der Waals surface area contributed by atoms with Gasteiger partial charge in [-0.25, -0.2) is 0 Å². The number of carbonyl (C=O) groups is 1. The van der Waals surface area contributed by atoms with Gasteiger partial charge in [-0.3, -0.25) is 9.28 Å². The van der Waals surface area contributed by atoms with Gasteiger partial charge in [0.05, 0.1) is 55.0 Å². The average molecular weight is 494 g/mol. The van der Waals surface area contributed by atoms with Crippen molar-refractivity contribution in [2.75, 3.05) is 55.1 Å². The Morgan fingerprint density at radius 1 is 0.750 bits per heavy atom. The number of methoxy groups -OCH3 is 4. The highest BCUT2D eigenvalue weighted by Gasteiger charge is 2.27. The number of nitrogens with zero attached hydrogens (tertiary/aromatic N) is 1. The van der Waals surface area contributed by atoms with Crippen molar-refractivity contribution in [1.82, 2.24) is 9.80 Å². The number of carbonyl (C=O) groups excluding carboxylic acids is 1. The molecule has 0 spiro atoms. The minimum absolute atomic E-state index is 0.0117. The van der Waals surface area contributed by atoms with E-state index in [9.17, 15) is 4.79 Å². The van der Waals surface area contributed by atoms with Gasteiger partial charge < -0.3 is 24.3 Å². The minimum atomic E-state index is 0.0117. The summed E-state index contributed by atoms with van der Waals surface area (Å²) in [7, 11) is 8.74. The number of hydrogen-bond acceptors (Lipinski definition) is 5. The lowest BCUT2D eigenvalue weighted by atomic mass is 10.1. The van der Waals surface area contributed by atoms with Crippen LogP contribution in [0.3, 0.4) is 0 Å². The predicted octanol–water partition coefficient (Wildman–Crippen LogP) is 4.26. The van der Waals surface area contributed by atoms with Gasteiger partial charge in [0.1, 0.15) is 23.7 Å². The van der Waals surface area contributed by atoms with Crippen LogP contribution < -0.4 is 28.7 Å². The van der Waals surface area contributed by atoms with Gasteiger partial charge in [0.2, 0.25) is 5.91 Å². The molecule has 0 aliphatic heterocycles. The standard InChI is InChI=1S/C29H36N2O5/c1-31(24-11-12-27(35-4)28(20-24)36-5,15-13-23-17-25(33-2)21-26(18-23)34-3)16-14-30-29(32)19-22-9-7-6-8-10-22/h6-12,17-18,20-21H,13-16,19H2,1-5H3/p+1. The third-order valence-electron chi connectivity index (χ3n) is 6.43. The summed E-state index contributed by atoms with van der Waals surface area (Å²) in [5, 5.41) is 3.09. The van der Waals surface area contributed by atoms with Crippen LogP contribution in [0.2, 0.25) is 0 Å². The van der Waals surface area contributed by atoms with E-state index in [0.717, 1.165) is 41.3 Å². The monoisotopic (exact) mass is 493 g/mol. The van der Waals surface area contributed by atoms with Crippen molar-refractivity contribution in [3.8, 4) is 23.0 Å². The maximum absolute atomic E-state index is 12.6. The summed E-state index contributed by atoms with van der Waals surface area (Å²) in [6.07, 6.45) is 1.15. The van der Waals surface area contributed by atoms with Crippen molar-refractivity contribution in [1.29, 1.82) is 0 Å². The third kappa shape index (κ3) is 7.15. The minimum Gasteiger partial charge on any atom is -0.497 e. The summed E-state index contributed by atoms with van der Waals surface area (Å²) in [4.78, 5) is 12.6. The molecule has 7 nitrogen and oxygen atoms in total. The van der Waals surface area contributed by atoms with Gasteiger partial charge in [0.25, 0.3) is 0 Å². The fraction of sp³-hybridized carbons (Fsp3) is 0.345. The molecule has 192 valence electrons. The smallest absolute Gasteiger partial charge is 0.224 e. The molecule has 0 radical (unpaired) electrons. The first-order chi connectivity index (χ1) is 17.4. The fourth-order valence-corrected chi connectivity index (χ4v) is 4.20. The zero-order chi connectivity index (χ0) is 26.0. The van der Waals surface area contributed by atoms with Crippen molar-refractivity contribution < 1.29 is 23.7 Å². The average Bonchev–Trinajstić information content (AvgIpc) is 2.91. The van der Waals surface area contributed by atoms with Crippen LogP contribution in [0.25, 0.3) is 0 Å². The second kappa shape index (κ2) is 12.8. The van der Waals surface area contributed by atoms with E-state index in [1.54, 1.807) is 28.4 Å². The molecule has 0 aliphatic carbocycles. The van der Waals surface area contributed by atoms with Crippen LogP contribution in [0.4, 0.5) is 5.69 Å². The molecule has 0 heterocycles. The number of likely N-dealkylation sites (N-methyl/N-ethyl adjacent to an activating group) is 1. The molecule has 0 bridgehead atoms. The van der Waals surface area contributed by atoms with E-state index in [1.165, 1.54) is 0 Å². The summed E-state index contributed by atoms with van der Waals surface area (Å²) < 4.78 is 22.5. The van der Waals surface area contributed by atoms with Crippen molar-refractivity contribution in [3.63, 3.8) is 0 Å². The van der Waals surface area contributed by atoms with Crippen LogP contribution in [0.15, 0.2) is 66.7 Å². The van der Waals surface area contributed by atoms with Gasteiger partial charge in [-0.2, -0.15) is 0 Å². The van der Waals surface area contributed by atoms with Gasteiger partial charge in [-0.05, 0) is 29.3 Å². The van der Waals surface area contributed by atoms with E-state index in [0.29, 0.717) is 35.5 Å². The maximum atomic E-state index is 12.6. The highest BCUT2D eigenvalue weighted by molar-refractivity contribution is 5.78. The number of quaternary nitrogens is 1. The number of hydrogen-bond donors (Lipinski definition) is 1. The van der Waals surface area contributed by atoms with Crippen molar-refractivity contribution in [2.24, 2.45) is 0 Å². The lowest BCUT2D eigenvalue weighted by molar-refractivity contribution is -0.120. The Hall–Kier alpha value is -3.71. The van der Waals surface area contributed by atoms with Crippen LogP contribution in [-0.2, 0) is 17.6 Å². The molecule has 1 atom stereocenters. The van der Waals surface area contributed by atoms with Gasteiger partial charge in [-0.1, -0.05) is 30.3 Å². The number of nitrogens with one attached hydrogen (secondary N) is 1. The molecule has 1 amide bonds. The molecule has 0 aliphatic rings. The molecule has 7 heteroatoms. The lowest BCUT2D eigenvalue weighted by Gasteiger charge is -2.35. The van der Waals surface area contributed by atoms with Gasteiger partial charge in [0, 0.05) is 24.6 Å². The molecule has 1 N–H and O–H groups in total. The maximum Gasteiger partial charge on any atom is 0.224 e. The van der Waals surface area contributed by atoms with Gasteiger partial charge in [0.15, 0.2) is 11.5 Å². The summed E-state index contributed by atoms with van der Waals surface area (Å²) in [5.41, 5.74) is 3.18. The Labute approximate surface area is 214 Å². The molecule has 0 saturated heterocycles. The number of benzene rings is 3. The zero-order valence-electron chi connectivity index (χ0n) is 21.9. The van der Waals surface area contributed by atoms with Crippen molar-refractivity contribution in [3.05, 3.63) is 77.9 Å². The molecule has 36 heavy (non-hydrogen) atoms. The number of rotatable bonds is 13.